The Bertz CT molecular complexity index is 323. The van der Waals surface area contributed by atoms with Crippen molar-refractivity contribution in [1.82, 2.24) is 5.06 Å². The van der Waals surface area contributed by atoms with E-state index in [1.807, 2.05) is 0 Å². The predicted octanol–water partition coefficient (Wildman–Crippen LogP) is -0.134. The van der Waals surface area contributed by atoms with Gasteiger partial charge in [-0.1, -0.05) is 6.92 Å². The second-order valence-corrected chi connectivity index (χ2v) is 6.24. The van der Waals surface area contributed by atoms with Gasteiger partial charge in [0.2, 0.25) is 7.37 Å². The molecule has 0 radical (unpaired) electrons. The Morgan fingerprint density at radius 2 is 2.33 bits per heavy atom. The van der Waals surface area contributed by atoms with E-state index in [9.17, 15) is 14.2 Å². The van der Waals surface area contributed by atoms with Gasteiger partial charge in [0.15, 0.2) is 5.78 Å². The van der Waals surface area contributed by atoms with E-state index >= 15 is 0 Å². The number of hydrogen-bond acceptors (Lipinski definition) is 4. The SMILES string of the molecule is CC1CON(CC(=O)CP(C)(=O)O)C1=O. The van der Waals surface area contributed by atoms with Crippen LogP contribution in [0.3, 0.4) is 0 Å². The van der Waals surface area contributed by atoms with Crippen LogP contribution in [0.2, 0.25) is 0 Å². The Labute approximate surface area is 87.6 Å². The minimum Gasteiger partial charge on any atom is -0.344 e. The minimum absolute atomic E-state index is 0.248. The standard InChI is InChI=1S/C8H14NO5P/c1-6-4-14-9(8(6)11)3-7(10)5-15(2,12)13/h6H,3-5H2,1-2H3,(H,12,13). The molecule has 1 amide bonds. The molecule has 1 rings (SSSR count). The Morgan fingerprint density at radius 1 is 1.73 bits per heavy atom. The first-order valence-corrected chi connectivity index (χ1v) is 6.84. The fourth-order valence-electron chi connectivity index (χ4n) is 1.24. The number of amides is 1. The lowest BCUT2D eigenvalue weighted by atomic mass is 10.2. The Morgan fingerprint density at radius 3 is 2.73 bits per heavy atom. The second-order valence-electron chi connectivity index (χ2n) is 3.82. The zero-order valence-electron chi connectivity index (χ0n) is 8.67. The maximum absolute atomic E-state index is 11.3. The van der Waals surface area contributed by atoms with Gasteiger partial charge in [0.1, 0.15) is 6.54 Å². The molecule has 1 aliphatic rings. The zero-order valence-corrected chi connectivity index (χ0v) is 9.57. The Balaban J connectivity index is 2.46. The number of rotatable bonds is 4. The van der Waals surface area contributed by atoms with Crippen LogP contribution in [0.25, 0.3) is 0 Å². The molecule has 86 valence electrons. The van der Waals surface area contributed by atoms with Gasteiger partial charge in [0.05, 0.1) is 18.7 Å². The first-order chi connectivity index (χ1) is 6.79. The van der Waals surface area contributed by atoms with E-state index in [0.717, 1.165) is 11.7 Å². The molecule has 0 aromatic heterocycles. The average Bonchev–Trinajstić information content (AvgIpc) is 2.32. The molecule has 15 heavy (non-hydrogen) atoms. The molecule has 1 heterocycles. The minimum atomic E-state index is -3.36. The van der Waals surface area contributed by atoms with Crippen molar-refractivity contribution in [2.75, 3.05) is 26.0 Å². The number of carbonyl (C=O) groups is 2. The van der Waals surface area contributed by atoms with Crippen LogP contribution in [-0.4, -0.2) is 47.6 Å². The van der Waals surface area contributed by atoms with Crippen LogP contribution in [0.5, 0.6) is 0 Å². The third-order valence-electron chi connectivity index (χ3n) is 1.94. The fraction of sp³-hybridized carbons (Fsp3) is 0.750. The maximum atomic E-state index is 11.3. The molecule has 0 saturated carbocycles. The number of Topliss-reactive ketones (excluding diaryl/α,β-unsaturated/α-hetero) is 1. The van der Waals surface area contributed by atoms with Crippen LogP contribution in [0.15, 0.2) is 0 Å². The van der Waals surface area contributed by atoms with Gasteiger partial charge in [0, 0.05) is 6.66 Å². The summed E-state index contributed by atoms with van der Waals surface area (Å²) in [4.78, 5) is 36.5. The van der Waals surface area contributed by atoms with Crippen LogP contribution in [0, 0.1) is 5.92 Å². The van der Waals surface area contributed by atoms with Crippen molar-refractivity contribution in [2.45, 2.75) is 6.92 Å². The highest BCUT2D eigenvalue weighted by Gasteiger charge is 2.31. The predicted molar refractivity (Wildman–Crippen MR) is 52.5 cm³/mol. The number of carbonyl (C=O) groups excluding carboxylic acids is 2. The highest BCUT2D eigenvalue weighted by molar-refractivity contribution is 7.58. The third kappa shape index (κ3) is 3.74. The van der Waals surface area contributed by atoms with E-state index in [1.165, 1.54) is 0 Å². The lowest BCUT2D eigenvalue weighted by Gasteiger charge is -2.13. The van der Waals surface area contributed by atoms with E-state index in [2.05, 4.69) is 0 Å². The summed E-state index contributed by atoms with van der Waals surface area (Å²) in [6.45, 7) is 2.82. The van der Waals surface area contributed by atoms with Crippen molar-refractivity contribution >= 4 is 19.1 Å². The maximum Gasteiger partial charge on any atom is 0.251 e. The molecule has 0 aliphatic carbocycles. The molecular formula is C8H14NO5P. The molecule has 6 nitrogen and oxygen atoms in total. The molecule has 0 bridgehead atoms. The van der Waals surface area contributed by atoms with Crippen molar-refractivity contribution in [1.29, 1.82) is 0 Å². The summed E-state index contributed by atoms with van der Waals surface area (Å²) < 4.78 is 10.9. The van der Waals surface area contributed by atoms with Crippen molar-refractivity contribution in [3.63, 3.8) is 0 Å². The monoisotopic (exact) mass is 235 g/mol. The number of ketones is 1. The van der Waals surface area contributed by atoms with E-state index < -0.39 is 19.3 Å². The van der Waals surface area contributed by atoms with Crippen molar-refractivity contribution in [3.05, 3.63) is 0 Å². The van der Waals surface area contributed by atoms with Gasteiger partial charge >= 0.3 is 0 Å². The van der Waals surface area contributed by atoms with Crippen molar-refractivity contribution in [2.24, 2.45) is 5.92 Å². The zero-order chi connectivity index (χ0) is 11.6. The molecule has 2 atom stereocenters. The lowest BCUT2D eigenvalue weighted by molar-refractivity contribution is -0.165. The summed E-state index contributed by atoms with van der Waals surface area (Å²) in [6, 6.07) is 0. The largest absolute Gasteiger partial charge is 0.344 e. The van der Waals surface area contributed by atoms with Crippen LogP contribution < -0.4 is 0 Å². The van der Waals surface area contributed by atoms with Gasteiger partial charge in [-0.2, -0.15) is 0 Å². The normalized spacial score (nSPS) is 25.4. The second kappa shape index (κ2) is 4.43. The Kier molecular flexibility index (Phi) is 3.65. The number of nitrogens with zero attached hydrogens (tertiary/aromatic N) is 1. The summed E-state index contributed by atoms with van der Waals surface area (Å²) >= 11 is 0. The van der Waals surface area contributed by atoms with E-state index in [0.29, 0.717) is 0 Å². The lowest BCUT2D eigenvalue weighted by Crippen LogP contribution is -2.32. The van der Waals surface area contributed by atoms with E-state index in [4.69, 9.17) is 9.73 Å². The molecule has 0 spiro atoms. The van der Waals surface area contributed by atoms with Crippen LogP contribution >= 0.6 is 7.37 Å². The van der Waals surface area contributed by atoms with Crippen molar-refractivity contribution in [3.8, 4) is 0 Å². The molecule has 7 heteroatoms. The highest BCUT2D eigenvalue weighted by Crippen LogP contribution is 2.34. The molecular weight excluding hydrogens is 221 g/mol. The van der Waals surface area contributed by atoms with Gasteiger partial charge < -0.3 is 4.89 Å². The molecule has 1 N–H and O–H groups in total. The summed E-state index contributed by atoms with van der Waals surface area (Å²) in [6.07, 6.45) is -0.422. The van der Waals surface area contributed by atoms with Gasteiger partial charge in [-0.15, -0.1) is 0 Å². The van der Waals surface area contributed by atoms with Crippen LogP contribution in [0.4, 0.5) is 0 Å². The molecule has 1 saturated heterocycles. The summed E-state index contributed by atoms with van der Waals surface area (Å²) in [5.74, 6) is -0.974. The highest BCUT2D eigenvalue weighted by atomic mass is 31.2. The average molecular weight is 235 g/mol. The summed E-state index contributed by atoms with van der Waals surface area (Å²) in [5, 5.41) is 0.961. The molecule has 0 aromatic carbocycles. The molecule has 1 aliphatic heterocycles. The van der Waals surface area contributed by atoms with Crippen LogP contribution in [-0.2, 0) is 19.0 Å². The molecule has 1 fully saturated rings. The summed E-state index contributed by atoms with van der Waals surface area (Å²) in [5.41, 5.74) is 0. The fourth-order valence-corrected chi connectivity index (χ4v) is 2.00. The van der Waals surface area contributed by atoms with Gasteiger partial charge in [-0.25, -0.2) is 5.06 Å². The van der Waals surface area contributed by atoms with Crippen LogP contribution in [0.1, 0.15) is 6.92 Å². The number of hydrogen-bond donors (Lipinski definition) is 1. The Hall–Kier alpha value is -0.710. The molecule has 0 aromatic rings. The number of hydroxylamine groups is 2. The van der Waals surface area contributed by atoms with Gasteiger partial charge in [-0.05, 0) is 0 Å². The first kappa shape index (κ1) is 12.4. The first-order valence-electron chi connectivity index (χ1n) is 4.55. The topological polar surface area (TPSA) is 83.9 Å². The van der Waals surface area contributed by atoms with E-state index in [-0.39, 0.29) is 25.0 Å². The third-order valence-corrected chi connectivity index (χ3v) is 2.88. The quantitative estimate of drug-likeness (QED) is 0.686. The smallest absolute Gasteiger partial charge is 0.251 e. The summed E-state index contributed by atoms with van der Waals surface area (Å²) in [7, 11) is -3.36. The van der Waals surface area contributed by atoms with Gasteiger partial charge in [-0.3, -0.25) is 19.0 Å². The van der Waals surface area contributed by atoms with Crippen molar-refractivity contribution < 1.29 is 23.9 Å². The van der Waals surface area contributed by atoms with E-state index in [1.54, 1.807) is 6.92 Å². The molecule has 2 unspecified atom stereocenters. The van der Waals surface area contributed by atoms with Gasteiger partial charge in [0.25, 0.3) is 5.91 Å².